The molecule has 1 heterocycles. The zero-order valence-corrected chi connectivity index (χ0v) is 8.65. The Morgan fingerprint density at radius 2 is 1.60 bits per heavy atom. The van der Waals surface area contributed by atoms with Gasteiger partial charge in [-0.25, -0.2) is 0 Å². The lowest BCUT2D eigenvalue weighted by molar-refractivity contribution is 0.422. The van der Waals surface area contributed by atoms with Crippen molar-refractivity contribution in [3.8, 4) is 0 Å². The molecule has 1 fully saturated rings. The fraction of sp³-hybridized carbons (Fsp3) is 1.00. The SMILES string of the molecule is CC(C)C(C)C1C(C)P1C. The van der Waals surface area contributed by atoms with Gasteiger partial charge in [0.25, 0.3) is 0 Å². The summed E-state index contributed by atoms with van der Waals surface area (Å²) in [6, 6.07) is 0. The van der Waals surface area contributed by atoms with Gasteiger partial charge in [-0.1, -0.05) is 27.7 Å². The molecule has 1 aliphatic heterocycles. The quantitative estimate of drug-likeness (QED) is 0.541. The number of hydrogen-bond acceptors (Lipinski definition) is 0. The van der Waals surface area contributed by atoms with Gasteiger partial charge in [-0.05, 0) is 29.8 Å². The van der Waals surface area contributed by atoms with Crippen LogP contribution < -0.4 is 0 Å². The van der Waals surface area contributed by atoms with E-state index in [2.05, 4.69) is 34.4 Å². The molecule has 0 radical (unpaired) electrons. The molecule has 0 aromatic carbocycles. The van der Waals surface area contributed by atoms with E-state index in [0.29, 0.717) is 7.92 Å². The number of rotatable bonds is 2. The highest BCUT2D eigenvalue weighted by Crippen LogP contribution is 2.67. The Kier molecular flexibility index (Phi) is 2.40. The van der Waals surface area contributed by atoms with Crippen molar-refractivity contribution >= 4 is 7.92 Å². The standard InChI is InChI=1S/C9H19P/c1-6(2)7(3)9-8(4)10(9)5/h6-9H,1-5H3. The van der Waals surface area contributed by atoms with Crippen molar-refractivity contribution < 1.29 is 0 Å². The molecule has 0 spiro atoms. The van der Waals surface area contributed by atoms with Gasteiger partial charge in [-0.3, -0.25) is 0 Å². The van der Waals surface area contributed by atoms with Crippen molar-refractivity contribution in [3.63, 3.8) is 0 Å². The van der Waals surface area contributed by atoms with Crippen LogP contribution in [-0.4, -0.2) is 18.0 Å². The lowest BCUT2D eigenvalue weighted by Gasteiger charge is -2.14. The largest absolute Gasteiger partial charge is 0.102 e. The topological polar surface area (TPSA) is 0 Å². The first-order chi connectivity index (χ1) is 4.55. The van der Waals surface area contributed by atoms with Gasteiger partial charge in [0.05, 0.1) is 0 Å². The van der Waals surface area contributed by atoms with Crippen LogP contribution in [-0.2, 0) is 0 Å². The Labute approximate surface area is 66.2 Å². The molecule has 1 aliphatic rings. The van der Waals surface area contributed by atoms with Crippen LogP contribution in [0.2, 0.25) is 0 Å². The second-order valence-electron chi connectivity index (χ2n) is 4.00. The molecule has 4 unspecified atom stereocenters. The molecule has 0 bridgehead atoms. The normalized spacial score (nSPS) is 42.0. The molecule has 0 N–H and O–H groups in total. The maximum absolute atomic E-state index is 2.45. The van der Waals surface area contributed by atoms with E-state index < -0.39 is 0 Å². The van der Waals surface area contributed by atoms with Gasteiger partial charge in [0.15, 0.2) is 0 Å². The molecule has 1 saturated heterocycles. The average Bonchev–Trinajstić information content (AvgIpc) is 2.40. The molecule has 10 heavy (non-hydrogen) atoms. The Morgan fingerprint density at radius 3 is 1.70 bits per heavy atom. The van der Waals surface area contributed by atoms with Gasteiger partial charge >= 0.3 is 0 Å². The Hall–Kier alpha value is 0.430. The third-order valence-electron chi connectivity index (χ3n) is 3.11. The molecule has 0 saturated carbocycles. The van der Waals surface area contributed by atoms with E-state index in [1.807, 2.05) is 0 Å². The summed E-state index contributed by atoms with van der Waals surface area (Å²) in [6.07, 6.45) is 0. The lowest BCUT2D eigenvalue weighted by Crippen LogP contribution is -2.11. The fourth-order valence-electron chi connectivity index (χ4n) is 1.73. The van der Waals surface area contributed by atoms with E-state index >= 15 is 0 Å². The van der Waals surface area contributed by atoms with Crippen LogP contribution in [0.15, 0.2) is 0 Å². The van der Waals surface area contributed by atoms with Crippen LogP contribution in [0.3, 0.4) is 0 Å². The highest BCUT2D eigenvalue weighted by atomic mass is 31.1. The van der Waals surface area contributed by atoms with E-state index in [0.717, 1.165) is 23.2 Å². The van der Waals surface area contributed by atoms with Crippen LogP contribution in [0.4, 0.5) is 0 Å². The van der Waals surface area contributed by atoms with Crippen molar-refractivity contribution in [3.05, 3.63) is 0 Å². The second-order valence-corrected chi connectivity index (χ2v) is 6.74. The highest BCUT2D eigenvalue weighted by Gasteiger charge is 2.46. The summed E-state index contributed by atoms with van der Waals surface area (Å²) < 4.78 is 0. The second kappa shape index (κ2) is 2.81. The van der Waals surface area contributed by atoms with Crippen molar-refractivity contribution in [2.75, 3.05) is 6.66 Å². The first kappa shape index (κ1) is 8.53. The molecular weight excluding hydrogens is 139 g/mol. The molecule has 0 aliphatic carbocycles. The summed E-state index contributed by atoms with van der Waals surface area (Å²) in [6.45, 7) is 12.0. The van der Waals surface area contributed by atoms with Crippen LogP contribution in [0.5, 0.6) is 0 Å². The van der Waals surface area contributed by atoms with Gasteiger partial charge in [-0.2, -0.15) is 0 Å². The van der Waals surface area contributed by atoms with Crippen molar-refractivity contribution in [1.82, 2.24) is 0 Å². The van der Waals surface area contributed by atoms with E-state index in [4.69, 9.17) is 0 Å². The molecule has 0 aromatic rings. The maximum atomic E-state index is 2.45. The van der Waals surface area contributed by atoms with Gasteiger partial charge in [0.2, 0.25) is 0 Å². The van der Waals surface area contributed by atoms with E-state index in [1.54, 1.807) is 0 Å². The minimum Gasteiger partial charge on any atom is -0.102 e. The average molecular weight is 158 g/mol. The Morgan fingerprint density at radius 1 is 1.20 bits per heavy atom. The van der Waals surface area contributed by atoms with E-state index in [1.165, 1.54) is 0 Å². The molecular formula is C9H19P. The van der Waals surface area contributed by atoms with Crippen LogP contribution in [0, 0.1) is 11.8 Å². The van der Waals surface area contributed by atoms with Crippen LogP contribution in [0.1, 0.15) is 27.7 Å². The predicted octanol–water partition coefficient (Wildman–Crippen LogP) is 3.16. The lowest BCUT2D eigenvalue weighted by atomic mass is 9.94. The van der Waals surface area contributed by atoms with Crippen molar-refractivity contribution in [2.45, 2.75) is 39.0 Å². The monoisotopic (exact) mass is 158 g/mol. The van der Waals surface area contributed by atoms with Crippen molar-refractivity contribution in [1.29, 1.82) is 0 Å². The predicted molar refractivity (Wildman–Crippen MR) is 50.1 cm³/mol. The van der Waals surface area contributed by atoms with Crippen LogP contribution in [0.25, 0.3) is 0 Å². The third kappa shape index (κ3) is 1.37. The third-order valence-corrected chi connectivity index (χ3v) is 6.23. The first-order valence-corrected chi connectivity index (χ1v) is 6.20. The van der Waals surface area contributed by atoms with Crippen LogP contribution >= 0.6 is 7.92 Å². The summed E-state index contributed by atoms with van der Waals surface area (Å²) in [4.78, 5) is 0. The minimum absolute atomic E-state index is 0.433. The van der Waals surface area contributed by atoms with Crippen molar-refractivity contribution in [2.24, 2.45) is 11.8 Å². The van der Waals surface area contributed by atoms with E-state index in [-0.39, 0.29) is 0 Å². The molecule has 4 atom stereocenters. The van der Waals surface area contributed by atoms with Gasteiger partial charge < -0.3 is 0 Å². The molecule has 60 valence electrons. The first-order valence-electron chi connectivity index (χ1n) is 4.27. The zero-order chi connectivity index (χ0) is 7.89. The summed E-state index contributed by atoms with van der Waals surface area (Å²) in [5, 5.41) is 0. The van der Waals surface area contributed by atoms with E-state index in [9.17, 15) is 0 Å². The minimum atomic E-state index is 0.433. The molecule has 0 aromatic heterocycles. The summed E-state index contributed by atoms with van der Waals surface area (Å²) in [5.41, 5.74) is 2.15. The molecule has 1 heteroatoms. The maximum Gasteiger partial charge on any atom is -0.0116 e. The summed E-state index contributed by atoms with van der Waals surface area (Å²) in [7, 11) is 0.433. The van der Waals surface area contributed by atoms with Gasteiger partial charge in [-0.15, -0.1) is 7.92 Å². The molecule has 0 amide bonds. The molecule has 0 nitrogen and oxygen atoms in total. The molecule has 1 rings (SSSR count). The fourth-order valence-corrected chi connectivity index (χ4v) is 4.53. The summed E-state index contributed by atoms with van der Waals surface area (Å²) in [5.74, 6) is 1.85. The smallest absolute Gasteiger partial charge is 0.0116 e. The number of hydrogen-bond donors (Lipinski definition) is 0. The summed E-state index contributed by atoms with van der Waals surface area (Å²) >= 11 is 0. The highest BCUT2D eigenvalue weighted by molar-refractivity contribution is 7.66. The zero-order valence-electron chi connectivity index (χ0n) is 7.76. The Balaban J connectivity index is 2.38. The van der Waals surface area contributed by atoms with Gasteiger partial charge in [0, 0.05) is 0 Å². The Bertz CT molecular complexity index is 105. The van der Waals surface area contributed by atoms with Gasteiger partial charge in [0.1, 0.15) is 0 Å².